The summed E-state index contributed by atoms with van der Waals surface area (Å²) in [5, 5.41) is 0.768. The molecule has 0 aliphatic carbocycles. The van der Waals surface area contributed by atoms with Gasteiger partial charge in [-0.25, -0.2) is 9.37 Å². The number of hydrogen-bond acceptors (Lipinski definition) is 4. The van der Waals surface area contributed by atoms with Crippen LogP contribution in [0.2, 0.25) is 0 Å². The molecule has 98 valence electrons. The molecular weight excluding hydrogens is 265 g/mol. The number of halogens is 1. The lowest BCUT2D eigenvalue weighted by molar-refractivity contribution is 0.102. The molecule has 3 nitrogen and oxygen atoms in total. The van der Waals surface area contributed by atoms with Crippen molar-refractivity contribution in [3.63, 3.8) is 0 Å². The van der Waals surface area contributed by atoms with Crippen LogP contribution in [0.25, 0.3) is 0 Å². The van der Waals surface area contributed by atoms with Gasteiger partial charge in [-0.2, -0.15) is 0 Å². The average Bonchev–Trinajstić information content (AvgIpc) is 2.45. The van der Waals surface area contributed by atoms with Crippen LogP contribution in [0.5, 0.6) is 5.75 Å². The van der Waals surface area contributed by atoms with Crippen molar-refractivity contribution < 1.29 is 13.9 Å². The highest BCUT2D eigenvalue weighted by molar-refractivity contribution is 7.99. The van der Waals surface area contributed by atoms with Crippen LogP contribution in [0.3, 0.4) is 0 Å². The molecule has 0 saturated heterocycles. The van der Waals surface area contributed by atoms with Crippen molar-refractivity contribution >= 4 is 17.5 Å². The number of carbonyl (C=O) groups is 1. The van der Waals surface area contributed by atoms with Gasteiger partial charge in [-0.1, -0.05) is 17.8 Å². The zero-order chi connectivity index (χ0) is 13.7. The minimum Gasteiger partial charge on any atom is -0.494 e. The number of benzene rings is 1. The number of carbonyl (C=O) groups excluding carboxylic acids is 1. The maximum Gasteiger partial charge on any atom is 0.173 e. The van der Waals surface area contributed by atoms with E-state index in [1.807, 2.05) is 18.2 Å². The molecule has 19 heavy (non-hydrogen) atoms. The van der Waals surface area contributed by atoms with Gasteiger partial charge in [-0.15, -0.1) is 0 Å². The number of ketones is 1. The molecule has 0 radical (unpaired) electrons. The van der Waals surface area contributed by atoms with E-state index in [-0.39, 0.29) is 17.3 Å². The SMILES string of the molecule is COc1ccc(C(=O)CSc2ccccn2)cc1F. The molecule has 2 rings (SSSR count). The summed E-state index contributed by atoms with van der Waals surface area (Å²) in [6.45, 7) is 0. The van der Waals surface area contributed by atoms with Gasteiger partial charge in [0.25, 0.3) is 0 Å². The second kappa shape index (κ2) is 6.33. The van der Waals surface area contributed by atoms with Crippen molar-refractivity contribution in [2.24, 2.45) is 0 Å². The summed E-state index contributed by atoms with van der Waals surface area (Å²) in [5.74, 6) is -0.315. The van der Waals surface area contributed by atoms with E-state index in [1.54, 1.807) is 12.3 Å². The Morgan fingerprint density at radius 1 is 1.37 bits per heavy atom. The van der Waals surface area contributed by atoms with E-state index in [1.165, 1.54) is 31.0 Å². The zero-order valence-electron chi connectivity index (χ0n) is 10.3. The molecule has 0 N–H and O–H groups in total. The number of pyridine rings is 1. The Morgan fingerprint density at radius 2 is 2.21 bits per heavy atom. The van der Waals surface area contributed by atoms with Crippen LogP contribution < -0.4 is 4.74 Å². The Morgan fingerprint density at radius 3 is 2.84 bits per heavy atom. The van der Waals surface area contributed by atoms with E-state index in [0.717, 1.165) is 5.03 Å². The first-order valence-electron chi connectivity index (χ1n) is 5.61. The van der Waals surface area contributed by atoms with E-state index in [4.69, 9.17) is 4.74 Å². The first kappa shape index (κ1) is 13.5. The van der Waals surface area contributed by atoms with Gasteiger partial charge in [-0.05, 0) is 30.3 Å². The molecule has 0 spiro atoms. The van der Waals surface area contributed by atoms with E-state index >= 15 is 0 Å². The van der Waals surface area contributed by atoms with Gasteiger partial charge in [0, 0.05) is 11.8 Å². The molecule has 0 unspecified atom stereocenters. The number of nitrogens with zero attached hydrogens (tertiary/aromatic N) is 1. The quantitative estimate of drug-likeness (QED) is 0.621. The van der Waals surface area contributed by atoms with Gasteiger partial charge in [0.15, 0.2) is 17.3 Å². The second-order valence-corrected chi connectivity index (χ2v) is 4.72. The number of hydrogen-bond donors (Lipinski definition) is 0. The average molecular weight is 277 g/mol. The monoisotopic (exact) mass is 277 g/mol. The molecule has 0 atom stereocenters. The maximum absolute atomic E-state index is 13.5. The highest BCUT2D eigenvalue weighted by Gasteiger charge is 2.10. The Hall–Kier alpha value is -1.88. The van der Waals surface area contributed by atoms with Crippen molar-refractivity contribution in [1.29, 1.82) is 0 Å². The number of Topliss-reactive ketones (excluding diaryl/α,β-unsaturated/α-hetero) is 1. The second-order valence-electron chi connectivity index (χ2n) is 3.73. The van der Waals surface area contributed by atoms with Crippen LogP contribution in [0.1, 0.15) is 10.4 Å². The van der Waals surface area contributed by atoms with Crippen LogP contribution in [0, 0.1) is 5.82 Å². The molecule has 0 amide bonds. The van der Waals surface area contributed by atoms with Crippen molar-refractivity contribution in [2.75, 3.05) is 12.9 Å². The summed E-state index contributed by atoms with van der Waals surface area (Å²) in [4.78, 5) is 16.0. The minimum absolute atomic E-state index is 0.133. The summed E-state index contributed by atoms with van der Waals surface area (Å²) in [5.41, 5.74) is 0.335. The van der Waals surface area contributed by atoms with Gasteiger partial charge in [-0.3, -0.25) is 4.79 Å². The van der Waals surface area contributed by atoms with Crippen LogP contribution in [0.15, 0.2) is 47.6 Å². The largest absolute Gasteiger partial charge is 0.494 e. The third-order valence-electron chi connectivity index (χ3n) is 2.46. The number of aromatic nitrogens is 1. The van der Waals surface area contributed by atoms with Gasteiger partial charge in [0.1, 0.15) is 0 Å². The highest BCUT2D eigenvalue weighted by atomic mass is 32.2. The maximum atomic E-state index is 13.5. The number of ether oxygens (including phenoxy) is 1. The fourth-order valence-electron chi connectivity index (χ4n) is 1.50. The summed E-state index contributed by atoms with van der Waals surface area (Å²) in [6.07, 6.45) is 1.67. The molecule has 1 aromatic heterocycles. The molecule has 2 aromatic rings. The standard InChI is InChI=1S/C14H12FNO2S/c1-18-13-6-5-10(8-11(13)15)12(17)9-19-14-4-2-3-7-16-14/h2-8H,9H2,1H3. The Bertz CT molecular complexity index is 575. The van der Waals surface area contributed by atoms with E-state index in [9.17, 15) is 9.18 Å². The van der Waals surface area contributed by atoms with Crippen molar-refractivity contribution in [2.45, 2.75) is 5.03 Å². The highest BCUT2D eigenvalue weighted by Crippen LogP contribution is 2.20. The minimum atomic E-state index is -0.531. The molecule has 0 saturated carbocycles. The van der Waals surface area contributed by atoms with Crippen molar-refractivity contribution in [1.82, 2.24) is 4.98 Å². The fourth-order valence-corrected chi connectivity index (χ4v) is 2.25. The van der Waals surface area contributed by atoms with E-state index in [0.29, 0.717) is 5.56 Å². The van der Waals surface area contributed by atoms with Gasteiger partial charge < -0.3 is 4.74 Å². The lowest BCUT2D eigenvalue weighted by atomic mass is 10.1. The van der Waals surface area contributed by atoms with Crippen LogP contribution in [-0.2, 0) is 0 Å². The zero-order valence-corrected chi connectivity index (χ0v) is 11.1. The van der Waals surface area contributed by atoms with Gasteiger partial charge in [0.2, 0.25) is 0 Å². The Balaban J connectivity index is 2.02. The number of rotatable bonds is 5. The third-order valence-corrected chi connectivity index (χ3v) is 3.41. The normalized spacial score (nSPS) is 10.2. The molecule has 1 heterocycles. The molecule has 0 fully saturated rings. The van der Waals surface area contributed by atoms with Crippen LogP contribution >= 0.6 is 11.8 Å². The van der Waals surface area contributed by atoms with E-state index in [2.05, 4.69) is 4.98 Å². The molecule has 0 aliphatic heterocycles. The summed E-state index contributed by atoms with van der Waals surface area (Å²) < 4.78 is 18.3. The Labute approximate surface area is 114 Å². The lowest BCUT2D eigenvalue weighted by Gasteiger charge is -2.04. The van der Waals surface area contributed by atoms with Crippen molar-refractivity contribution in [3.05, 3.63) is 54.0 Å². The molecule has 0 bridgehead atoms. The van der Waals surface area contributed by atoms with Crippen LogP contribution in [0.4, 0.5) is 4.39 Å². The Kier molecular flexibility index (Phi) is 4.52. The van der Waals surface area contributed by atoms with Crippen molar-refractivity contribution in [3.8, 4) is 5.75 Å². The first-order chi connectivity index (χ1) is 9.20. The smallest absolute Gasteiger partial charge is 0.173 e. The summed E-state index contributed by atoms with van der Waals surface area (Å²) >= 11 is 1.32. The van der Waals surface area contributed by atoms with Gasteiger partial charge >= 0.3 is 0 Å². The van der Waals surface area contributed by atoms with E-state index < -0.39 is 5.82 Å². The predicted molar refractivity (Wildman–Crippen MR) is 72.2 cm³/mol. The number of thioether (sulfide) groups is 1. The summed E-state index contributed by atoms with van der Waals surface area (Å²) in [7, 11) is 1.39. The fraction of sp³-hybridized carbons (Fsp3) is 0.143. The molecule has 5 heteroatoms. The predicted octanol–water partition coefficient (Wildman–Crippen LogP) is 3.20. The first-order valence-corrected chi connectivity index (χ1v) is 6.60. The third kappa shape index (κ3) is 3.54. The lowest BCUT2D eigenvalue weighted by Crippen LogP contribution is -2.03. The van der Waals surface area contributed by atoms with Gasteiger partial charge in [0.05, 0.1) is 17.9 Å². The molecule has 0 aliphatic rings. The topological polar surface area (TPSA) is 39.2 Å². The summed E-state index contributed by atoms with van der Waals surface area (Å²) in [6, 6.07) is 9.70. The van der Waals surface area contributed by atoms with Crippen LogP contribution in [-0.4, -0.2) is 23.6 Å². The number of methoxy groups -OCH3 is 1. The molecule has 1 aromatic carbocycles. The molecular formula is C14H12FNO2S.